The van der Waals surface area contributed by atoms with Gasteiger partial charge in [0.2, 0.25) is 5.43 Å². The van der Waals surface area contributed by atoms with Crippen molar-refractivity contribution < 1.29 is 13.9 Å². The van der Waals surface area contributed by atoms with E-state index in [9.17, 15) is 18.7 Å². The predicted octanol–water partition coefficient (Wildman–Crippen LogP) is 4.83. The maximum absolute atomic E-state index is 14.0. The van der Waals surface area contributed by atoms with E-state index in [2.05, 4.69) is 26.0 Å². The van der Waals surface area contributed by atoms with Gasteiger partial charge in [0, 0.05) is 34.8 Å². The quantitative estimate of drug-likeness (QED) is 0.558. The highest BCUT2D eigenvalue weighted by molar-refractivity contribution is 9.11. The van der Waals surface area contributed by atoms with Gasteiger partial charge in [0.15, 0.2) is 11.6 Å². The molecule has 0 saturated heterocycles. The van der Waals surface area contributed by atoms with E-state index in [1.807, 2.05) is 11.5 Å². The van der Waals surface area contributed by atoms with Crippen LogP contribution in [-0.2, 0) is 6.54 Å². The lowest BCUT2D eigenvalue weighted by Gasteiger charge is -2.45. The van der Waals surface area contributed by atoms with Crippen molar-refractivity contribution in [3.63, 3.8) is 0 Å². The summed E-state index contributed by atoms with van der Waals surface area (Å²) in [4.78, 5) is 16.5. The number of aromatic nitrogens is 4. The van der Waals surface area contributed by atoms with Crippen LogP contribution < -0.4 is 5.43 Å². The maximum atomic E-state index is 14.0. The van der Waals surface area contributed by atoms with E-state index in [0.29, 0.717) is 23.3 Å². The summed E-state index contributed by atoms with van der Waals surface area (Å²) in [5.74, 6) is -0.989. The Morgan fingerprint density at radius 3 is 2.75 bits per heavy atom. The van der Waals surface area contributed by atoms with Crippen molar-refractivity contribution in [3.8, 4) is 17.3 Å². The van der Waals surface area contributed by atoms with Crippen LogP contribution in [0.4, 0.5) is 8.78 Å². The minimum Gasteiger partial charge on any atom is -0.503 e. The Morgan fingerprint density at radius 1 is 1.28 bits per heavy atom. The molecular formula is C23H19BrF2N4O2. The van der Waals surface area contributed by atoms with Gasteiger partial charge in [-0.15, -0.1) is 0 Å². The third kappa shape index (κ3) is 3.14. The summed E-state index contributed by atoms with van der Waals surface area (Å²) in [5, 5.41) is 15.0. The molecule has 164 valence electrons. The highest BCUT2D eigenvalue weighted by Gasteiger charge is 2.46. The van der Waals surface area contributed by atoms with Crippen molar-refractivity contribution >= 4 is 15.9 Å². The Bertz CT molecular complexity index is 1330. The molecule has 6 nitrogen and oxygen atoms in total. The van der Waals surface area contributed by atoms with Crippen molar-refractivity contribution in [2.75, 3.05) is 0 Å². The van der Waals surface area contributed by atoms with E-state index in [1.165, 1.54) is 24.3 Å². The number of aromatic hydroxyl groups is 1. The molecule has 2 aromatic heterocycles. The Kier molecular flexibility index (Phi) is 4.88. The normalized spacial score (nSPS) is 23.1. The van der Waals surface area contributed by atoms with Crippen LogP contribution in [-0.4, -0.2) is 24.4 Å². The van der Waals surface area contributed by atoms with Crippen molar-refractivity contribution in [3.05, 3.63) is 86.9 Å². The Labute approximate surface area is 190 Å². The van der Waals surface area contributed by atoms with Gasteiger partial charge in [-0.05, 0) is 36.3 Å². The van der Waals surface area contributed by atoms with Gasteiger partial charge in [-0.2, -0.15) is 5.10 Å². The average Bonchev–Trinajstić information content (AvgIpc) is 3.23. The monoisotopic (exact) mass is 500 g/mol. The van der Waals surface area contributed by atoms with Crippen molar-refractivity contribution in [1.29, 1.82) is 0 Å². The average molecular weight is 501 g/mol. The van der Waals surface area contributed by atoms with Crippen LogP contribution in [0.1, 0.15) is 30.9 Å². The first-order valence-corrected chi connectivity index (χ1v) is 10.9. The van der Waals surface area contributed by atoms with Gasteiger partial charge in [-0.3, -0.25) is 9.48 Å². The molecule has 0 saturated carbocycles. The predicted molar refractivity (Wildman–Crippen MR) is 118 cm³/mol. The Hall–Kier alpha value is -3.07. The number of hydrogen-bond donors (Lipinski definition) is 1. The molecule has 9 heteroatoms. The lowest BCUT2D eigenvalue weighted by atomic mass is 9.66. The van der Waals surface area contributed by atoms with Gasteiger partial charge in [-0.1, -0.05) is 35.0 Å². The molecule has 3 heterocycles. The molecule has 1 N–H and O–H groups in total. The fourth-order valence-corrected chi connectivity index (χ4v) is 5.46. The number of rotatable bonds is 3. The van der Waals surface area contributed by atoms with Crippen LogP contribution in [0, 0.1) is 11.2 Å². The van der Waals surface area contributed by atoms with Crippen molar-refractivity contribution in [2.24, 2.45) is 5.41 Å². The smallest absolute Gasteiger partial charge is 0.242 e. The van der Waals surface area contributed by atoms with E-state index in [4.69, 9.17) is 0 Å². The van der Waals surface area contributed by atoms with Gasteiger partial charge in [0.25, 0.3) is 0 Å². The second-order valence-corrected chi connectivity index (χ2v) is 9.21. The summed E-state index contributed by atoms with van der Waals surface area (Å²) >= 11 is 3.58. The van der Waals surface area contributed by atoms with Gasteiger partial charge in [0.05, 0.1) is 12.2 Å². The van der Waals surface area contributed by atoms with Crippen LogP contribution in [0.2, 0.25) is 0 Å². The summed E-state index contributed by atoms with van der Waals surface area (Å²) in [6.45, 7) is 2.46. The van der Waals surface area contributed by atoms with Gasteiger partial charge in [-0.25, -0.2) is 13.8 Å². The molecule has 5 rings (SSSR count). The molecule has 1 aromatic carbocycles. The van der Waals surface area contributed by atoms with Gasteiger partial charge >= 0.3 is 0 Å². The van der Waals surface area contributed by atoms with Gasteiger partial charge < -0.3 is 9.67 Å². The molecule has 1 unspecified atom stereocenters. The SMILES string of the molecule is CC1([C@@H](c2ccc(F)cc2)[C@H]2Cn3ccnc3-c3c(O)c(=O)cnn32)CC=C(F)C=C1Br. The Balaban J connectivity index is 1.75. The fourth-order valence-electron chi connectivity index (χ4n) is 4.83. The zero-order valence-electron chi connectivity index (χ0n) is 17.0. The molecule has 0 fully saturated rings. The largest absolute Gasteiger partial charge is 0.503 e. The van der Waals surface area contributed by atoms with Gasteiger partial charge in [0.1, 0.15) is 17.3 Å². The highest BCUT2D eigenvalue weighted by atomic mass is 79.9. The summed E-state index contributed by atoms with van der Waals surface area (Å²) in [6, 6.07) is 5.83. The molecule has 0 spiro atoms. The molecule has 3 aromatic rings. The van der Waals surface area contributed by atoms with E-state index >= 15 is 0 Å². The van der Waals surface area contributed by atoms with E-state index < -0.39 is 16.6 Å². The number of benzene rings is 1. The van der Waals surface area contributed by atoms with Crippen LogP contribution in [0.15, 0.2) is 70.1 Å². The number of fused-ring (bicyclic) bond motifs is 3. The fraction of sp³-hybridized carbons (Fsp3) is 0.261. The molecule has 2 aliphatic rings. The minimum absolute atomic E-state index is 0.229. The first-order chi connectivity index (χ1) is 15.3. The number of halogens is 3. The van der Waals surface area contributed by atoms with Crippen LogP contribution in [0.5, 0.6) is 5.75 Å². The first-order valence-electron chi connectivity index (χ1n) is 10.1. The molecule has 1 aliphatic carbocycles. The summed E-state index contributed by atoms with van der Waals surface area (Å²) in [7, 11) is 0. The molecule has 0 bridgehead atoms. The minimum atomic E-state index is -0.603. The number of imidazole rings is 1. The van der Waals surface area contributed by atoms with E-state index in [0.717, 1.165) is 11.8 Å². The van der Waals surface area contributed by atoms with Crippen molar-refractivity contribution in [1.82, 2.24) is 19.3 Å². The Morgan fingerprint density at radius 2 is 2.03 bits per heavy atom. The molecular weight excluding hydrogens is 482 g/mol. The summed E-state index contributed by atoms with van der Waals surface area (Å²) < 4.78 is 32.0. The third-order valence-electron chi connectivity index (χ3n) is 6.44. The summed E-state index contributed by atoms with van der Waals surface area (Å²) in [6.07, 6.45) is 7.83. The maximum Gasteiger partial charge on any atom is 0.242 e. The standard InChI is InChI=1S/C23H19BrF2N4O2/c1-23(7-6-15(26)10-18(23)24)19(13-2-4-14(25)5-3-13)16-12-29-9-8-27-22(29)20-21(32)17(31)11-28-30(16)20/h2-6,8-11,16,19,32H,7,12H2,1H3/t16-,19+,23?/m1/s1. The van der Waals surface area contributed by atoms with E-state index in [1.54, 1.807) is 29.2 Å². The molecule has 1 aliphatic heterocycles. The van der Waals surface area contributed by atoms with Crippen LogP contribution >= 0.6 is 15.9 Å². The third-order valence-corrected chi connectivity index (χ3v) is 7.58. The zero-order valence-corrected chi connectivity index (χ0v) is 18.6. The van der Waals surface area contributed by atoms with Crippen LogP contribution in [0.3, 0.4) is 0 Å². The molecule has 0 amide bonds. The topological polar surface area (TPSA) is 72.9 Å². The number of allylic oxidation sites excluding steroid dienone is 4. The lowest BCUT2D eigenvalue weighted by Crippen LogP contribution is -2.39. The highest BCUT2D eigenvalue weighted by Crippen LogP contribution is 2.55. The summed E-state index contributed by atoms with van der Waals surface area (Å²) in [5.41, 5.74) is -0.144. The first kappa shape index (κ1) is 20.8. The number of hydrogen-bond acceptors (Lipinski definition) is 4. The van der Waals surface area contributed by atoms with Crippen molar-refractivity contribution in [2.45, 2.75) is 31.8 Å². The zero-order chi connectivity index (χ0) is 22.6. The molecule has 0 radical (unpaired) electrons. The molecule has 3 atom stereocenters. The number of nitrogens with zero attached hydrogens (tertiary/aromatic N) is 4. The lowest BCUT2D eigenvalue weighted by molar-refractivity contribution is 0.202. The second kappa shape index (κ2) is 7.51. The van der Waals surface area contributed by atoms with E-state index in [-0.39, 0.29) is 29.3 Å². The second-order valence-electron chi connectivity index (χ2n) is 8.35. The molecule has 32 heavy (non-hydrogen) atoms. The van der Waals surface area contributed by atoms with Crippen LogP contribution in [0.25, 0.3) is 11.5 Å².